The molecule has 1 heterocycles. The number of aromatic amines is 1. The normalized spacial score (nSPS) is 10.3. The maximum absolute atomic E-state index is 11.1. The van der Waals surface area contributed by atoms with Crippen LogP contribution in [0.5, 0.6) is 0 Å². The Morgan fingerprint density at radius 2 is 2.33 bits per heavy atom. The van der Waals surface area contributed by atoms with Crippen molar-refractivity contribution < 1.29 is 4.52 Å². The van der Waals surface area contributed by atoms with Crippen LogP contribution in [0.4, 0.5) is 0 Å². The van der Waals surface area contributed by atoms with Crippen LogP contribution in [-0.2, 0) is 0 Å². The zero-order valence-electron chi connectivity index (χ0n) is 6.33. The van der Waals surface area contributed by atoms with Gasteiger partial charge in [-0.05, 0) is 17.7 Å². The lowest BCUT2D eigenvalue weighted by Crippen LogP contribution is -1.96. The highest BCUT2D eigenvalue weighted by Crippen LogP contribution is 2.11. The van der Waals surface area contributed by atoms with Gasteiger partial charge in [-0.1, -0.05) is 18.7 Å². The third-order valence-corrected chi connectivity index (χ3v) is 1.74. The monoisotopic (exact) mass is 161 g/mol. The summed E-state index contributed by atoms with van der Waals surface area (Å²) in [6, 6.07) is 5.32. The Labute approximate surface area is 68.3 Å². The number of hydrogen-bond acceptors (Lipinski definition) is 2. The van der Waals surface area contributed by atoms with E-state index in [9.17, 15) is 4.79 Å². The number of hydrogen-bond donors (Lipinski definition) is 1. The molecule has 0 radical (unpaired) electrons. The minimum Gasteiger partial charge on any atom is -0.378 e. The molecule has 3 nitrogen and oxygen atoms in total. The fraction of sp³-hybridized carbons (Fsp3) is 0. The van der Waals surface area contributed by atoms with E-state index in [1.165, 1.54) is 0 Å². The second-order valence-electron chi connectivity index (χ2n) is 2.49. The molecule has 1 N–H and O–H groups in total. The van der Waals surface area contributed by atoms with E-state index in [4.69, 9.17) is 4.52 Å². The molecule has 12 heavy (non-hydrogen) atoms. The third-order valence-electron chi connectivity index (χ3n) is 1.74. The summed E-state index contributed by atoms with van der Waals surface area (Å²) < 4.78 is 4.88. The van der Waals surface area contributed by atoms with Crippen LogP contribution in [0.2, 0.25) is 0 Å². The molecule has 1 aromatic heterocycles. The molecule has 0 saturated carbocycles. The molecule has 1 aromatic carbocycles. The van der Waals surface area contributed by atoms with E-state index in [2.05, 4.69) is 11.7 Å². The van der Waals surface area contributed by atoms with E-state index in [0.29, 0.717) is 11.0 Å². The Hall–Kier alpha value is -1.77. The first-order valence-electron chi connectivity index (χ1n) is 3.55. The van der Waals surface area contributed by atoms with Gasteiger partial charge in [-0.25, -0.2) is 0 Å². The summed E-state index contributed by atoms with van der Waals surface area (Å²) >= 11 is 0. The smallest absolute Gasteiger partial charge is 0.287 e. The SMILES string of the molecule is C=Cc1ccc2o[nH]c(=O)c2c1. The van der Waals surface area contributed by atoms with Crippen molar-refractivity contribution in [1.29, 1.82) is 0 Å². The van der Waals surface area contributed by atoms with Crippen molar-refractivity contribution in [1.82, 2.24) is 5.16 Å². The predicted molar refractivity (Wildman–Crippen MR) is 46.9 cm³/mol. The van der Waals surface area contributed by atoms with Crippen molar-refractivity contribution in [3.63, 3.8) is 0 Å². The van der Waals surface area contributed by atoms with Crippen molar-refractivity contribution >= 4 is 17.0 Å². The van der Waals surface area contributed by atoms with E-state index in [-0.39, 0.29) is 5.56 Å². The predicted octanol–water partition coefficient (Wildman–Crippen LogP) is 1.76. The molecule has 2 rings (SSSR count). The van der Waals surface area contributed by atoms with E-state index in [0.717, 1.165) is 5.56 Å². The topological polar surface area (TPSA) is 46.0 Å². The zero-order chi connectivity index (χ0) is 8.55. The van der Waals surface area contributed by atoms with Gasteiger partial charge in [0.05, 0.1) is 5.39 Å². The van der Waals surface area contributed by atoms with Gasteiger partial charge >= 0.3 is 0 Å². The van der Waals surface area contributed by atoms with E-state index >= 15 is 0 Å². The first-order valence-corrected chi connectivity index (χ1v) is 3.55. The first kappa shape index (κ1) is 6.91. The Balaban J connectivity index is 2.88. The second kappa shape index (κ2) is 2.37. The van der Waals surface area contributed by atoms with Gasteiger partial charge < -0.3 is 4.52 Å². The highest BCUT2D eigenvalue weighted by Gasteiger charge is 2.01. The third kappa shape index (κ3) is 0.871. The molecule has 60 valence electrons. The summed E-state index contributed by atoms with van der Waals surface area (Å²) in [5.74, 6) is 0. The highest BCUT2D eigenvalue weighted by molar-refractivity contribution is 5.78. The molecular weight excluding hydrogens is 154 g/mol. The van der Waals surface area contributed by atoms with Crippen molar-refractivity contribution in [2.24, 2.45) is 0 Å². The van der Waals surface area contributed by atoms with Crippen molar-refractivity contribution in [2.45, 2.75) is 0 Å². The van der Waals surface area contributed by atoms with Gasteiger partial charge in [-0.2, -0.15) is 5.16 Å². The van der Waals surface area contributed by atoms with Gasteiger partial charge in [0, 0.05) is 0 Å². The van der Waals surface area contributed by atoms with Gasteiger partial charge in [-0.15, -0.1) is 0 Å². The molecule has 0 aliphatic carbocycles. The lowest BCUT2D eigenvalue weighted by molar-refractivity contribution is 0.449. The summed E-state index contributed by atoms with van der Waals surface area (Å²) in [6.45, 7) is 3.61. The number of aromatic nitrogens is 1. The molecule has 2 aromatic rings. The van der Waals surface area contributed by atoms with Gasteiger partial charge in [0.2, 0.25) is 0 Å². The highest BCUT2D eigenvalue weighted by atomic mass is 16.5. The molecule has 0 saturated heterocycles. The van der Waals surface area contributed by atoms with E-state index in [1.54, 1.807) is 18.2 Å². The first-order chi connectivity index (χ1) is 5.81. The maximum Gasteiger partial charge on any atom is 0.287 e. The number of H-pyrrole nitrogens is 1. The number of rotatable bonds is 1. The van der Waals surface area contributed by atoms with Crippen LogP contribution in [0.15, 0.2) is 34.1 Å². The molecule has 0 fully saturated rings. The van der Waals surface area contributed by atoms with Crippen LogP contribution in [-0.4, -0.2) is 5.16 Å². The minimum atomic E-state index is -0.200. The van der Waals surface area contributed by atoms with Crippen LogP contribution >= 0.6 is 0 Å². The lowest BCUT2D eigenvalue weighted by atomic mass is 10.2. The summed E-state index contributed by atoms with van der Waals surface area (Å²) in [4.78, 5) is 11.1. The Bertz CT molecular complexity index is 478. The van der Waals surface area contributed by atoms with Crippen LogP contribution in [0.1, 0.15) is 5.56 Å². The molecule has 0 unspecified atom stereocenters. The van der Waals surface area contributed by atoms with Gasteiger partial charge in [0.1, 0.15) is 0 Å². The molecule has 0 spiro atoms. The van der Waals surface area contributed by atoms with Crippen LogP contribution in [0.3, 0.4) is 0 Å². The van der Waals surface area contributed by atoms with Crippen LogP contribution in [0.25, 0.3) is 17.0 Å². The molecule has 0 aliphatic heterocycles. The maximum atomic E-state index is 11.1. The number of benzene rings is 1. The Morgan fingerprint density at radius 1 is 1.50 bits per heavy atom. The van der Waals surface area contributed by atoms with Crippen molar-refractivity contribution in [3.8, 4) is 0 Å². The van der Waals surface area contributed by atoms with Gasteiger partial charge in [-0.3, -0.25) is 4.79 Å². The van der Waals surface area contributed by atoms with E-state index in [1.807, 2.05) is 6.07 Å². The summed E-state index contributed by atoms with van der Waals surface area (Å²) in [6.07, 6.45) is 1.69. The average molecular weight is 161 g/mol. The van der Waals surface area contributed by atoms with Gasteiger partial charge in [0.25, 0.3) is 5.56 Å². The molecule has 0 amide bonds. The fourth-order valence-corrected chi connectivity index (χ4v) is 1.10. The standard InChI is InChI=1S/C9H7NO2/c1-2-6-3-4-8-7(5-6)9(11)10-12-8/h2-5H,1H2,(H,10,11). The number of nitrogens with one attached hydrogen (secondary N) is 1. The Morgan fingerprint density at radius 3 is 3.08 bits per heavy atom. The van der Waals surface area contributed by atoms with E-state index < -0.39 is 0 Å². The van der Waals surface area contributed by atoms with Crippen molar-refractivity contribution in [3.05, 3.63) is 40.7 Å². The summed E-state index contributed by atoms with van der Waals surface area (Å²) in [5, 5.41) is 2.83. The molecule has 0 atom stereocenters. The molecular formula is C9H7NO2. The van der Waals surface area contributed by atoms with Crippen LogP contribution < -0.4 is 5.56 Å². The lowest BCUT2D eigenvalue weighted by Gasteiger charge is -1.88. The average Bonchev–Trinajstić information content (AvgIpc) is 2.47. The zero-order valence-corrected chi connectivity index (χ0v) is 6.33. The summed E-state index contributed by atoms with van der Waals surface area (Å²) in [5.41, 5.74) is 1.29. The largest absolute Gasteiger partial charge is 0.378 e. The molecule has 0 bridgehead atoms. The Kier molecular flexibility index (Phi) is 1.37. The summed E-state index contributed by atoms with van der Waals surface area (Å²) in [7, 11) is 0. The second-order valence-corrected chi connectivity index (χ2v) is 2.49. The number of fused-ring (bicyclic) bond motifs is 1. The van der Waals surface area contributed by atoms with Gasteiger partial charge in [0.15, 0.2) is 5.58 Å². The minimum absolute atomic E-state index is 0.200. The molecule has 0 aliphatic rings. The fourth-order valence-electron chi connectivity index (χ4n) is 1.10. The quantitative estimate of drug-likeness (QED) is 0.692. The molecule has 3 heteroatoms. The van der Waals surface area contributed by atoms with Crippen molar-refractivity contribution in [2.75, 3.05) is 0 Å². The van der Waals surface area contributed by atoms with Crippen LogP contribution in [0, 0.1) is 0 Å².